The van der Waals surface area contributed by atoms with Crippen LogP contribution in [0.2, 0.25) is 0 Å². The molecule has 0 N–H and O–H groups in total. The Balaban J connectivity index is 1.27. The van der Waals surface area contributed by atoms with Crippen molar-refractivity contribution in [1.29, 1.82) is 0 Å². The Morgan fingerprint density at radius 1 is 1.02 bits per heavy atom. The molecule has 1 amide bonds. The zero-order chi connectivity index (χ0) is 32.8. The summed E-state index contributed by atoms with van der Waals surface area (Å²) in [6.45, 7) is 16.8. The van der Waals surface area contributed by atoms with Crippen LogP contribution in [0.15, 0.2) is 16.8 Å². The molecule has 4 saturated carbocycles. The maximum Gasteiger partial charge on any atom is 0.354 e. The molecular formula is C36H52N2O5S2. The normalized spacial score (nSPS) is 42.6. The van der Waals surface area contributed by atoms with Crippen LogP contribution in [-0.4, -0.2) is 52.2 Å². The minimum absolute atomic E-state index is 0.00377. The second-order valence-electron chi connectivity index (χ2n) is 17.1. The first-order chi connectivity index (χ1) is 20.9. The molecule has 1 aliphatic heterocycles. The number of hydrogen-bond acceptors (Lipinski definition) is 8. The first-order valence-corrected chi connectivity index (χ1v) is 18.4. The highest BCUT2D eigenvalue weighted by Gasteiger charge is 2.69. The molecule has 0 spiro atoms. The van der Waals surface area contributed by atoms with Crippen LogP contribution in [0, 0.1) is 50.2 Å². The van der Waals surface area contributed by atoms with E-state index in [1.807, 2.05) is 0 Å². The predicted molar refractivity (Wildman–Crippen MR) is 181 cm³/mol. The summed E-state index contributed by atoms with van der Waals surface area (Å²) in [4.78, 5) is 45.0. The minimum atomic E-state index is -0.551. The Morgan fingerprint density at radius 2 is 1.73 bits per heavy atom. The van der Waals surface area contributed by atoms with Gasteiger partial charge in [0.1, 0.15) is 10.9 Å². The van der Waals surface area contributed by atoms with Crippen molar-refractivity contribution in [2.24, 2.45) is 55.4 Å². The largest absolute Gasteiger partial charge is 0.469 e. The van der Waals surface area contributed by atoms with Crippen molar-refractivity contribution < 1.29 is 24.0 Å². The maximum absolute atomic E-state index is 13.5. The molecule has 45 heavy (non-hydrogen) atoms. The Kier molecular flexibility index (Phi) is 8.03. The van der Waals surface area contributed by atoms with Gasteiger partial charge in [0.25, 0.3) is 0 Å². The van der Waals surface area contributed by atoms with Crippen molar-refractivity contribution in [1.82, 2.24) is 4.90 Å². The number of carbonyl (C=O) groups is 3. The second kappa shape index (κ2) is 10.9. The predicted octanol–water partition coefficient (Wildman–Crippen LogP) is 7.72. The van der Waals surface area contributed by atoms with E-state index in [2.05, 4.69) is 59.7 Å². The van der Waals surface area contributed by atoms with E-state index in [9.17, 15) is 14.4 Å². The summed E-state index contributed by atoms with van der Waals surface area (Å²) in [7, 11) is 1.57. The van der Waals surface area contributed by atoms with Crippen molar-refractivity contribution in [2.75, 3.05) is 19.4 Å². The van der Waals surface area contributed by atoms with Crippen LogP contribution in [0.4, 0.5) is 0 Å². The summed E-state index contributed by atoms with van der Waals surface area (Å²) in [5, 5.41) is 4.47. The van der Waals surface area contributed by atoms with Gasteiger partial charge in [0.05, 0.1) is 24.0 Å². The summed E-state index contributed by atoms with van der Waals surface area (Å²) in [6, 6.07) is 0. The van der Waals surface area contributed by atoms with Gasteiger partial charge in [-0.2, -0.15) is 0 Å². The summed E-state index contributed by atoms with van der Waals surface area (Å²) < 4.78 is 5.95. The van der Waals surface area contributed by atoms with Gasteiger partial charge in [-0.05, 0) is 104 Å². The summed E-state index contributed by atoms with van der Waals surface area (Å²) >= 11 is 6.49. The number of nitrogens with zero attached hydrogens (tertiary/aromatic N) is 2. The number of rotatable bonds is 4. The molecule has 5 aliphatic carbocycles. The van der Waals surface area contributed by atoms with Gasteiger partial charge < -0.3 is 9.57 Å². The number of thioether (sulfide) groups is 1. The van der Waals surface area contributed by atoms with E-state index in [4.69, 9.17) is 21.8 Å². The molecule has 7 atom stereocenters. The fraction of sp³-hybridized carbons (Fsp3) is 0.806. The van der Waals surface area contributed by atoms with Gasteiger partial charge in [-0.1, -0.05) is 89.3 Å². The third-order valence-electron chi connectivity index (χ3n) is 14.4. The van der Waals surface area contributed by atoms with Gasteiger partial charge in [0.2, 0.25) is 5.91 Å². The Labute approximate surface area is 279 Å². The van der Waals surface area contributed by atoms with Gasteiger partial charge in [0, 0.05) is 5.41 Å². The van der Waals surface area contributed by atoms with Crippen LogP contribution in [0.5, 0.6) is 0 Å². The van der Waals surface area contributed by atoms with E-state index in [1.165, 1.54) is 16.7 Å². The Bertz CT molecular complexity index is 1370. The van der Waals surface area contributed by atoms with Crippen LogP contribution >= 0.6 is 24.0 Å². The van der Waals surface area contributed by atoms with Crippen LogP contribution in [-0.2, 0) is 24.0 Å². The lowest BCUT2D eigenvalue weighted by atomic mass is 9.33. The van der Waals surface area contributed by atoms with Crippen LogP contribution < -0.4 is 0 Å². The van der Waals surface area contributed by atoms with Crippen molar-refractivity contribution in [3.05, 3.63) is 11.6 Å². The number of amides is 1. The molecule has 0 bridgehead atoms. The number of thiocarbonyl (C=S) groups is 1. The number of ether oxygens (including phenoxy) is 1. The fourth-order valence-corrected chi connectivity index (χ4v) is 12.7. The average Bonchev–Trinajstić information content (AvgIpc) is 3.28. The molecule has 7 nitrogen and oxygen atoms in total. The maximum atomic E-state index is 13.5. The number of carbonyl (C=O) groups excluding carboxylic acids is 3. The quantitative estimate of drug-likeness (QED) is 0.101. The number of oxime groups is 1. The number of methoxy groups -OCH3 is 1. The van der Waals surface area contributed by atoms with E-state index < -0.39 is 5.97 Å². The standard InChI is InChI=1S/C36H52N2O5S2/c1-31(2)15-17-36(29(41)42-8)18-16-34(6)22(23(36)19-31)9-10-25-33(5)13-12-26(32(3,4)24(33)11-14-35(25,34)7)37-43-28(40)20-38-27(39)21-45-30(38)44/h9,23-25H,10-21H2,1-8H3/b37-26-/t23-,24-,25-,33-,34+,35+,36-/m0/s1. The fourth-order valence-electron chi connectivity index (χ4n) is 11.6. The molecule has 0 aromatic heterocycles. The van der Waals surface area contributed by atoms with Gasteiger partial charge in [-0.3, -0.25) is 14.5 Å². The lowest BCUT2D eigenvalue weighted by Gasteiger charge is -2.70. The number of esters is 1. The van der Waals surface area contributed by atoms with Crippen LogP contribution in [0.25, 0.3) is 0 Å². The lowest BCUT2D eigenvalue weighted by Crippen LogP contribution is -2.64. The van der Waals surface area contributed by atoms with Gasteiger partial charge in [-0.15, -0.1) is 0 Å². The molecule has 5 fully saturated rings. The third kappa shape index (κ3) is 4.82. The third-order valence-corrected chi connectivity index (χ3v) is 15.8. The van der Waals surface area contributed by atoms with Crippen LogP contribution in [0.1, 0.15) is 113 Å². The summed E-state index contributed by atoms with van der Waals surface area (Å²) in [5.41, 5.74) is 2.36. The van der Waals surface area contributed by atoms with E-state index in [0.29, 0.717) is 16.2 Å². The van der Waals surface area contributed by atoms with Gasteiger partial charge in [-0.25, -0.2) is 4.79 Å². The molecule has 6 rings (SSSR count). The van der Waals surface area contributed by atoms with Crippen molar-refractivity contribution in [3.63, 3.8) is 0 Å². The molecule has 0 aromatic rings. The summed E-state index contributed by atoms with van der Waals surface area (Å²) in [6.07, 6.45) is 12.6. The molecule has 0 unspecified atom stereocenters. The molecule has 9 heteroatoms. The van der Waals surface area contributed by atoms with E-state index in [1.54, 1.807) is 12.7 Å². The van der Waals surface area contributed by atoms with Crippen molar-refractivity contribution in [3.8, 4) is 0 Å². The zero-order valence-corrected chi connectivity index (χ0v) is 30.2. The highest BCUT2D eigenvalue weighted by molar-refractivity contribution is 8.23. The first kappa shape index (κ1) is 33.2. The second-order valence-corrected chi connectivity index (χ2v) is 18.7. The molecule has 1 heterocycles. The first-order valence-electron chi connectivity index (χ1n) is 17.0. The van der Waals surface area contributed by atoms with Crippen LogP contribution in [0.3, 0.4) is 0 Å². The van der Waals surface area contributed by atoms with Gasteiger partial charge in [0.15, 0.2) is 0 Å². The van der Waals surface area contributed by atoms with E-state index in [0.717, 1.165) is 69.9 Å². The molecule has 248 valence electrons. The number of hydrogen-bond donors (Lipinski definition) is 0. The van der Waals surface area contributed by atoms with E-state index >= 15 is 0 Å². The number of allylic oxidation sites excluding steroid dienone is 2. The smallest absolute Gasteiger partial charge is 0.354 e. The average molecular weight is 657 g/mol. The minimum Gasteiger partial charge on any atom is -0.469 e. The van der Waals surface area contributed by atoms with Crippen molar-refractivity contribution >= 4 is 51.9 Å². The van der Waals surface area contributed by atoms with E-state index in [-0.39, 0.29) is 62.6 Å². The Hall–Kier alpha value is -1.74. The zero-order valence-electron chi connectivity index (χ0n) is 28.5. The molecule has 0 radical (unpaired) electrons. The lowest BCUT2D eigenvalue weighted by molar-refractivity contribution is -0.181. The highest BCUT2D eigenvalue weighted by Crippen LogP contribution is 2.75. The Morgan fingerprint density at radius 3 is 2.40 bits per heavy atom. The highest BCUT2D eigenvalue weighted by atomic mass is 32.2. The summed E-state index contributed by atoms with van der Waals surface area (Å²) in [5.74, 6) is 0.735. The number of fused-ring (bicyclic) bond motifs is 7. The molecular weight excluding hydrogens is 605 g/mol. The SMILES string of the molecule is COC(=O)[C@]12CCC(C)(C)C[C@H]1C1=CC[C@H]3[C@@]4(C)CC/C(=N/OC(=O)CN5C(=O)CSC5=S)C(C)(C)[C@@H]4CC[C@@]3(C)[C@]1(C)CC2. The molecule has 6 aliphatic rings. The monoisotopic (exact) mass is 656 g/mol. The molecule has 0 aromatic carbocycles. The topological polar surface area (TPSA) is 85.3 Å². The molecule has 1 saturated heterocycles. The van der Waals surface area contributed by atoms with Crippen molar-refractivity contribution in [2.45, 2.75) is 113 Å². The van der Waals surface area contributed by atoms with Gasteiger partial charge >= 0.3 is 11.9 Å².